The monoisotopic (exact) mass is 250 g/mol. The molecule has 0 amide bonds. The van der Waals surface area contributed by atoms with Crippen molar-refractivity contribution >= 4 is 11.4 Å². The van der Waals surface area contributed by atoms with Crippen LogP contribution in [0.5, 0.6) is 5.75 Å². The average molecular weight is 250 g/mol. The second-order valence-corrected chi connectivity index (χ2v) is 4.90. The third-order valence-electron chi connectivity index (χ3n) is 2.82. The zero-order chi connectivity index (χ0) is 13.1. The summed E-state index contributed by atoms with van der Waals surface area (Å²) in [6.07, 6.45) is 2.34. The summed E-state index contributed by atoms with van der Waals surface area (Å²) in [5.41, 5.74) is 0.580. The summed E-state index contributed by atoms with van der Waals surface area (Å²) < 4.78 is 5.49. The molecule has 1 fully saturated rings. The van der Waals surface area contributed by atoms with Crippen LogP contribution < -0.4 is 10.1 Å². The Balaban J connectivity index is 2.22. The number of anilines is 1. The SMILES string of the molecule is CC(C)Oc1cccc(NCC2CC2)c1[N+](=O)[O-]. The summed E-state index contributed by atoms with van der Waals surface area (Å²) in [5.74, 6) is 0.995. The molecule has 0 atom stereocenters. The van der Waals surface area contributed by atoms with Crippen LogP contribution in [-0.2, 0) is 0 Å². The molecule has 2 rings (SSSR count). The third-order valence-corrected chi connectivity index (χ3v) is 2.82. The van der Waals surface area contributed by atoms with Crippen LogP contribution in [0.3, 0.4) is 0 Å². The van der Waals surface area contributed by atoms with Crippen LogP contribution in [0.4, 0.5) is 11.4 Å². The lowest BCUT2D eigenvalue weighted by Gasteiger charge is -2.13. The number of nitrogens with zero attached hydrogens (tertiary/aromatic N) is 1. The average Bonchev–Trinajstić information content (AvgIpc) is 3.08. The Kier molecular flexibility index (Phi) is 3.69. The van der Waals surface area contributed by atoms with Gasteiger partial charge in [-0.3, -0.25) is 10.1 Å². The number of benzene rings is 1. The Labute approximate surface area is 106 Å². The van der Waals surface area contributed by atoms with Gasteiger partial charge in [0.2, 0.25) is 0 Å². The summed E-state index contributed by atoms with van der Waals surface area (Å²) in [7, 11) is 0. The first-order chi connectivity index (χ1) is 8.58. The van der Waals surface area contributed by atoms with E-state index in [9.17, 15) is 10.1 Å². The summed E-state index contributed by atoms with van der Waals surface area (Å²) in [6.45, 7) is 4.51. The van der Waals surface area contributed by atoms with Crippen LogP contribution in [0.2, 0.25) is 0 Å². The van der Waals surface area contributed by atoms with Gasteiger partial charge in [-0.2, -0.15) is 0 Å². The Morgan fingerprint density at radius 1 is 1.50 bits per heavy atom. The Hall–Kier alpha value is -1.78. The molecular formula is C13H18N2O3. The minimum atomic E-state index is -0.382. The first-order valence-corrected chi connectivity index (χ1v) is 6.26. The van der Waals surface area contributed by atoms with Gasteiger partial charge in [-0.25, -0.2) is 0 Å². The molecule has 1 aliphatic carbocycles. The highest BCUT2D eigenvalue weighted by Gasteiger charge is 2.25. The maximum Gasteiger partial charge on any atom is 0.333 e. The molecule has 1 saturated carbocycles. The number of para-hydroxylation sites is 1. The molecule has 5 heteroatoms. The van der Waals surface area contributed by atoms with E-state index in [2.05, 4.69) is 5.32 Å². The molecule has 0 radical (unpaired) electrons. The molecule has 1 aromatic carbocycles. The van der Waals surface area contributed by atoms with E-state index in [4.69, 9.17) is 4.74 Å². The molecule has 0 aromatic heterocycles. The molecule has 0 saturated heterocycles. The normalized spacial score (nSPS) is 14.6. The molecule has 1 aliphatic rings. The Morgan fingerprint density at radius 2 is 2.22 bits per heavy atom. The van der Waals surface area contributed by atoms with Gasteiger partial charge in [0.1, 0.15) is 5.69 Å². The molecule has 0 spiro atoms. The lowest BCUT2D eigenvalue weighted by molar-refractivity contribution is -0.385. The highest BCUT2D eigenvalue weighted by molar-refractivity contribution is 5.68. The van der Waals surface area contributed by atoms with Gasteiger partial charge < -0.3 is 10.1 Å². The summed E-state index contributed by atoms with van der Waals surface area (Å²) in [6, 6.07) is 5.15. The predicted octanol–water partition coefficient (Wildman–Crippen LogP) is 3.20. The maximum atomic E-state index is 11.2. The van der Waals surface area contributed by atoms with E-state index in [1.165, 1.54) is 12.8 Å². The van der Waals surface area contributed by atoms with Gasteiger partial charge in [-0.1, -0.05) is 6.07 Å². The van der Waals surface area contributed by atoms with Crippen LogP contribution in [0.15, 0.2) is 18.2 Å². The minimum Gasteiger partial charge on any atom is -0.484 e. The molecule has 1 aromatic rings. The zero-order valence-corrected chi connectivity index (χ0v) is 10.7. The third kappa shape index (κ3) is 3.12. The first kappa shape index (κ1) is 12.7. The number of nitro groups is 1. The molecule has 0 bridgehead atoms. The molecule has 1 N–H and O–H groups in total. The summed E-state index contributed by atoms with van der Waals surface area (Å²) >= 11 is 0. The van der Waals surface area contributed by atoms with Crippen molar-refractivity contribution in [2.24, 2.45) is 5.92 Å². The highest BCUT2D eigenvalue weighted by atomic mass is 16.6. The Morgan fingerprint density at radius 3 is 2.78 bits per heavy atom. The largest absolute Gasteiger partial charge is 0.484 e. The lowest BCUT2D eigenvalue weighted by atomic mass is 10.2. The zero-order valence-electron chi connectivity index (χ0n) is 10.7. The van der Waals surface area contributed by atoms with Crippen molar-refractivity contribution in [1.29, 1.82) is 0 Å². The van der Waals surface area contributed by atoms with E-state index in [1.54, 1.807) is 18.2 Å². The van der Waals surface area contributed by atoms with E-state index in [0.717, 1.165) is 6.54 Å². The van der Waals surface area contributed by atoms with Crippen molar-refractivity contribution in [3.8, 4) is 5.75 Å². The van der Waals surface area contributed by atoms with Crippen molar-refractivity contribution in [1.82, 2.24) is 0 Å². The van der Waals surface area contributed by atoms with Gasteiger partial charge >= 0.3 is 5.69 Å². The van der Waals surface area contributed by atoms with Gasteiger partial charge in [-0.05, 0) is 44.7 Å². The van der Waals surface area contributed by atoms with Crippen molar-refractivity contribution in [3.05, 3.63) is 28.3 Å². The fraction of sp³-hybridized carbons (Fsp3) is 0.538. The summed E-state index contributed by atoms with van der Waals surface area (Å²) in [5, 5.41) is 14.3. The molecule has 0 unspecified atom stereocenters. The fourth-order valence-corrected chi connectivity index (χ4v) is 1.78. The molecule has 0 heterocycles. The number of hydrogen-bond acceptors (Lipinski definition) is 4. The van der Waals surface area contributed by atoms with Crippen LogP contribution in [-0.4, -0.2) is 17.6 Å². The van der Waals surface area contributed by atoms with Crippen molar-refractivity contribution in [3.63, 3.8) is 0 Å². The predicted molar refractivity (Wildman–Crippen MR) is 70.1 cm³/mol. The topological polar surface area (TPSA) is 64.4 Å². The smallest absolute Gasteiger partial charge is 0.333 e. The number of hydrogen-bond donors (Lipinski definition) is 1. The standard InChI is InChI=1S/C13H18N2O3/c1-9(2)18-12-5-3-4-11(13(12)15(16)17)14-8-10-6-7-10/h3-5,9-10,14H,6-8H2,1-2H3. The Bertz CT molecular complexity index is 442. The number of nitrogens with one attached hydrogen (secondary N) is 1. The highest BCUT2D eigenvalue weighted by Crippen LogP contribution is 2.36. The van der Waals surface area contributed by atoms with E-state index in [-0.39, 0.29) is 16.7 Å². The van der Waals surface area contributed by atoms with Crippen LogP contribution >= 0.6 is 0 Å². The van der Waals surface area contributed by atoms with E-state index in [0.29, 0.717) is 17.4 Å². The van der Waals surface area contributed by atoms with Crippen LogP contribution in [0, 0.1) is 16.0 Å². The van der Waals surface area contributed by atoms with Crippen LogP contribution in [0.1, 0.15) is 26.7 Å². The number of rotatable bonds is 6. The van der Waals surface area contributed by atoms with Crippen molar-refractivity contribution < 1.29 is 9.66 Å². The molecule has 18 heavy (non-hydrogen) atoms. The van der Waals surface area contributed by atoms with Gasteiger partial charge in [0.25, 0.3) is 0 Å². The molecule has 5 nitrogen and oxygen atoms in total. The first-order valence-electron chi connectivity index (χ1n) is 6.26. The quantitative estimate of drug-likeness (QED) is 0.622. The van der Waals surface area contributed by atoms with Crippen molar-refractivity contribution in [2.45, 2.75) is 32.8 Å². The lowest BCUT2D eigenvalue weighted by Crippen LogP contribution is -2.10. The van der Waals surface area contributed by atoms with Gasteiger partial charge in [0.05, 0.1) is 11.0 Å². The van der Waals surface area contributed by atoms with Gasteiger partial charge in [0, 0.05) is 6.54 Å². The number of ether oxygens (including phenoxy) is 1. The second kappa shape index (κ2) is 5.25. The van der Waals surface area contributed by atoms with E-state index in [1.807, 2.05) is 13.8 Å². The van der Waals surface area contributed by atoms with Gasteiger partial charge in [-0.15, -0.1) is 0 Å². The maximum absolute atomic E-state index is 11.2. The minimum absolute atomic E-state index is 0.0341. The summed E-state index contributed by atoms with van der Waals surface area (Å²) in [4.78, 5) is 10.8. The number of nitro benzene ring substituents is 1. The molecule has 0 aliphatic heterocycles. The molecule has 98 valence electrons. The fourth-order valence-electron chi connectivity index (χ4n) is 1.78. The van der Waals surface area contributed by atoms with E-state index >= 15 is 0 Å². The van der Waals surface area contributed by atoms with E-state index < -0.39 is 0 Å². The second-order valence-electron chi connectivity index (χ2n) is 4.90. The molecular weight excluding hydrogens is 232 g/mol. The van der Waals surface area contributed by atoms with Crippen molar-refractivity contribution in [2.75, 3.05) is 11.9 Å². The van der Waals surface area contributed by atoms with Gasteiger partial charge in [0.15, 0.2) is 5.75 Å². The van der Waals surface area contributed by atoms with Crippen LogP contribution in [0.25, 0.3) is 0 Å².